The summed E-state index contributed by atoms with van der Waals surface area (Å²) >= 11 is 0. The van der Waals surface area contributed by atoms with Crippen molar-refractivity contribution in [3.05, 3.63) is 48.2 Å². The Balaban J connectivity index is 1.79. The highest BCUT2D eigenvalue weighted by atomic mass is 15.2. The van der Waals surface area contributed by atoms with Crippen molar-refractivity contribution in [1.82, 2.24) is 19.9 Å². The van der Waals surface area contributed by atoms with Gasteiger partial charge in [0, 0.05) is 31.5 Å². The van der Waals surface area contributed by atoms with Gasteiger partial charge >= 0.3 is 0 Å². The summed E-state index contributed by atoms with van der Waals surface area (Å²) in [7, 11) is 1.91. The predicted molar refractivity (Wildman–Crippen MR) is 78.2 cm³/mol. The Labute approximate surface area is 119 Å². The molecule has 0 bridgehead atoms. The summed E-state index contributed by atoms with van der Waals surface area (Å²) in [6.07, 6.45) is 7.65. The molecule has 1 fully saturated rings. The van der Waals surface area contributed by atoms with Crippen LogP contribution < -0.4 is 5.32 Å². The second-order valence-electron chi connectivity index (χ2n) is 5.02. The van der Waals surface area contributed by atoms with Gasteiger partial charge < -0.3 is 5.32 Å². The van der Waals surface area contributed by atoms with Crippen LogP contribution in [0.25, 0.3) is 0 Å². The Morgan fingerprint density at radius 2 is 2.25 bits per heavy atom. The average molecular weight is 269 g/mol. The molecule has 2 aromatic rings. The highest BCUT2D eigenvalue weighted by molar-refractivity contribution is 5.42. The molecular formula is C15H19N5. The first-order valence-corrected chi connectivity index (χ1v) is 7.00. The van der Waals surface area contributed by atoms with Crippen LogP contribution in [0, 0.1) is 0 Å². The van der Waals surface area contributed by atoms with E-state index >= 15 is 0 Å². The standard InChI is InChI=1S/C15H19N5/c1-16-15-12(4-2-7-18-15)10-20-9-3-5-14(20)13-6-8-17-11-19-13/h2,4,6-8,11,14H,3,5,9-10H2,1H3,(H,16,18)/t14-/m0/s1. The van der Waals surface area contributed by atoms with E-state index < -0.39 is 0 Å². The van der Waals surface area contributed by atoms with Gasteiger partial charge in [0.15, 0.2) is 0 Å². The topological polar surface area (TPSA) is 53.9 Å². The lowest BCUT2D eigenvalue weighted by Crippen LogP contribution is -2.24. The van der Waals surface area contributed by atoms with Crippen LogP contribution in [0.5, 0.6) is 0 Å². The normalized spacial score (nSPS) is 19.1. The van der Waals surface area contributed by atoms with Crippen molar-refractivity contribution in [3.63, 3.8) is 0 Å². The fraction of sp³-hybridized carbons (Fsp3) is 0.400. The number of nitrogens with one attached hydrogen (secondary N) is 1. The number of anilines is 1. The van der Waals surface area contributed by atoms with E-state index in [0.29, 0.717) is 6.04 Å². The van der Waals surface area contributed by atoms with Crippen LogP contribution in [-0.2, 0) is 6.54 Å². The van der Waals surface area contributed by atoms with Crippen LogP contribution in [0.15, 0.2) is 36.9 Å². The summed E-state index contributed by atoms with van der Waals surface area (Å²) in [4.78, 5) is 15.3. The second kappa shape index (κ2) is 5.96. The van der Waals surface area contributed by atoms with Gasteiger partial charge in [0.25, 0.3) is 0 Å². The van der Waals surface area contributed by atoms with Gasteiger partial charge in [-0.2, -0.15) is 0 Å². The molecular weight excluding hydrogens is 250 g/mol. The summed E-state index contributed by atoms with van der Waals surface area (Å²) in [6.45, 7) is 2.01. The number of likely N-dealkylation sites (tertiary alicyclic amines) is 1. The van der Waals surface area contributed by atoms with E-state index in [1.807, 2.05) is 31.6 Å². The van der Waals surface area contributed by atoms with E-state index in [1.165, 1.54) is 12.0 Å². The molecule has 1 saturated heterocycles. The van der Waals surface area contributed by atoms with E-state index in [1.54, 1.807) is 6.33 Å². The minimum absolute atomic E-state index is 0.392. The van der Waals surface area contributed by atoms with Crippen molar-refractivity contribution in [2.75, 3.05) is 18.9 Å². The minimum atomic E-state index is 0.392. The number of aromatic nitrogens is 3. The summed E-state index contributed by atoms with van der Waals surface area (Å²) in [6, 6.07) is 6.54. The van der Waals surface area contributed by atoms with E-state index in [2.05, 4.69) is 31.2 Å². The quantitative estimate of drug-likeness (QED) is 0.922. The number of hydrogen-bond donors (Lipinski definition) is 1. The van der Waals surface area contributed by atoms with E-state index in [4.69, 9.17) is 0 Å². The third kappa shape index (κ3) is 2.63. The third-order valence-electron chi connectivity index (χ3n) is 3.81. The molecule has 2 aromatic heterocycles. The number of hydrogen-bond acceptors (Lipinski definition) is 5. The van der Waals surface area contributed by atoms with Gasteiger partial charge in [0.1, 0.15) is 12.1 Å². The molecule has 3 heterocycles. The van der Waals surface area contributed by atoms with Crippen molar-refractivity contribution < 1.29 is 0 Å². The molecule has 0 saturated carbocycles. The van der Waals surface area contributed by atoms with Crippen LogP contribution in [0.3, 0.4) is 0 Å². The molecule has 1 aliphatic heterocycles. The lowest BCUT2D eigenvalue weighted by molar-refractivity contribution is 0.244. The van der Waals surface area contributed by atoms with Crippen LogP contribution in [0.1, 0.15) is 30.1 Å². The van der Waals surface area contributed by atoms with Crippen LogP contribution >= 0.6 is 0 Å². The second-order valence-corrected chi connectivity index (χ2v) is 5.02. The van der Waals surface area contributed by atoms with Gasteiger partial charge in [0.2, 0.25) is 0 Å². The van der Waals surface area contributed by atoms with Crippen molar-refractivity contribution in [3.8, 4) is 0 Å². The van der Waals surface area contributed by atoms with Crippen molar-refractivity contribution in [2.24, 2.45) is 0 Å². The molecule has 0 aromatic carbocycles. The number of nitrogens with zero attached hydrogens (tertiary/aromatic N) is 4. The number of rotatable bonds is 4. The first kappa shape index (κ1) is 13.0. The first-order valence-electron chi connectivity index (χ1n) is 7.00. The Morgan fingerprint density at radius 1 is 1.30 bits per heavy atom. The van der Waals surface area contributed by atoms with Crippen molar-refractivity contribution in [1.29, 1.82) is 0 Å². The Hall–Kier alpha value is -2.01. The molecule has 0 spiro atoms. The van der Waals surface area contributed by atoms with Crippen molar-refractivity contribution >= 4 is 5.82 Å². The van der Waals surface area contributed by atoms with Gasteiger partial charge in [-0.1, -0.05) is 6.07 Å². The molecule has 0 amide bonds. The zero-order valence-corrected chi connectivity index (χ0v) is 11.7. The van der Waals surface area contributed by atoms with Crippen LogP contribution in [0.2, 0.25) is 0 Å². The lowest BCUT2D eigenvalue weighted by atomic mass is 10.1. The fourth-order valence-corrected chi connectivity index (χ4v) is 2.86. The van der Waals surface area contributed by atoms with Crippen LogP contribution in [0.4, 0.5) is 5.82 Å². The van der Waals surface area contributed by atoms with Crippen LogP contribution in [-0.4, -0.2) is 33.4 Å². The maximum absolute atomic E-state index is 4.41. The molecule has 0 aliphatic carbocycles. The Morgan fingerprint density at radius 3 is 3.05 bits per heavy atom. The molecule has 1 aliphatic rings. The molecule has 104 valence electrons. The van der Waals surface area contributed by atoms with E-state index in [-0.39, 0.29) is 0 Å². The molecule has 5 nitrogen and oxygen atoms in total. The molecule has 1 atom stereocenters. The summed E-state index contributed by atoms with van der Waals surface area (Å²) in [5.41, 5.74) is 2.35. The van der Waals surface area contributed by atoms with E-state index in [0.717, 1.165) is 31.0 Å². The highest BCUT2D eigenvalue weighted by Gasteiger charge is 2.27. The van der Waals surface area contributed by atoms with Gasteiger partial charge in [0.05, 0.1) is 11.7 Å². The Bertz CT molecular complexity index is 557. The summed E-state index contributed by atoms with van der Waals surface area (Å²) in [5, 5.41) is 3.16. The average Bonchev–Trinajstić information content (AvgIpc) is 2.97. The van der Waals surface area contributed by atoms with Gasteiger partial charge in [-0.25, -0.2) is 15.0 Å². The lowest BCUT2D eigenvalue weighted by Gasteiger charge is -2.24. The Kier molecular flexibility index (Phi) is 3.87. The van der Waals surface area contributed by atoms with E-state index in [9.17, 15) is 0 Å². The monoisotopic (exact) mass is 269 g/mol. The molecule has 20 heavy (non-hydrogen) atoms. The largest absolute Gasteiger partial charge is 0.373 e. The smallest absolute Gasteiger partial charge is 0.130 e. The maximum atomic E-state index is 4.41. The van der Waals surface area contributed by atoms with Gasteiger partial charge in [-0.05, 0) is 31.5 Å². The summed E-state index contributed by atoms with van der Waals surface area (Å²) < 4.78 is 0. The molecule has 3 rings (SSSR count). The highest BCUT2D eigenvalue weighted by Crippen LogP contribution is 2.32. The zero-order valence-electron chi connectivity index (χ0n) is 11.7. The zero-order chi connectivity index (χ0) is 13.8. The van der Waals surface area contributed by atoms with Gasteiger partial charge in [-0.3, -0.25) is 4.90 Å². The molecule has 0 radical (unpaired) electrons. The SMILES string of the molecule is CNc1ncccc1CN1CCC[C@H]1c1ccncn1. The van der Waals surface area contributed by atoms with Gasteiger partial charge in [-0.15, -0.1) is 0 Å². The predicted octanol–water partition coefficient (Wildman–Crippen LogP) is 2.25. The summed E-state index contributed by atoms with van der Waals surface area (Å²) in [5.74, 6) is 0.959. The van der Waals surface area contributed by atoms with Crippen molar-refractivity contribution in [2.45, 2.75) is 25.4 Å². The minimum Gasteiger partial charge on any atom is -0.373 e. The fourth-order valence-electron chi connectivity index (χ4n) is 2.86. The molecule has 1 N–H and O–H groups in total. The molecule has 0 unspecified atom stereocenters. The maximum Gasteiger partial charge on any atom is 0.130 e. The first-order chi connectivity index (χ1) is 9.88. The molecule has 5 heteroatoms. The third-order valence-corrected chi connectivity index (χ3v) is 3.81. The number of pyridine rings is 1.